The summed E-state index contributed by atoms with van der Waals surface area (Å²) in [6.07, 6.45) is 5.09. The van der Waals surface area contributed by atoms with Crippen LogP contribution in [0.2, 0.25) is 0 Å². The lowest BCUT2D eigenvalue weighted by Gasteiger charge is -1.95. The molecule has 0 spiro atoms. The van der Waals surface area contributed by atoms with Gasteiger partial charge in [0.25, 0.3) is 0 Å². The summed E-state index contributed by atoms with van der Waals surface area (Å²) in [7, 11) is 0. The van der Waals surface area contributed by atoms with Crippen molar-refractivity contribution >= 4 is 12.4 Å². The van der Waals surface area contributed by atoms with E-state index < -0.39 is 0 Å². The number of hydrogen-bond acceptors (Lipinski definition) is 1. The zero-order valence-electron chi connectivity index (χ0n) is 7.44. The van der Waals surface area contributed by atoms with Gasteiger partial charge in [0.05, 0.1) is 0 Å². The molecule has 0 heterocycles. The van der Waals surface area contributed by atoms with Crippen molar-refractivity contribution in [2.45, 2.75) is 6.42 Å². The Morgan fingerprint density at radius 2 is 2.00 bits per heavy atom. The summed E-state index contributed by atoms with van der Waals surface area (Å²) < 4.78 is 0. The number of carbonyl (C=O) groups is 1. The summed E-state index contributed by atoms with van der Waals surface area (Å²) in [5.41, 5.74) is 1.80. The zero-order chi connectivity index (χ0) is 9.52. The van der Waals surface area contributed by atoms with Crippen LogP contribution in [0.15, 0.2) is 48.6 Å². The average Bonchev–Trinajstić information content (AvgIpc) is 2.19. The minimum absolute atomic E-state index is 0.623. The molecule has 0 fully saturated rings. The maximum atomic E-state index is 10.6. The van der Waals surface area contributed by atoms with Crippen molar-refractivity contribution in [3.63, 3.8) is 0 Å². The van der Waals surface area contributed by atoms with Crippen LogP contribution in [0.1, 0.15) is 12.0 Å². The van der Waals surface area contributed by atoms with Crippen molar-refractivity contribution in [3.8, 4) is 0 Å². The van der Waals surface area contributed by atoms with Crippen LogP contribution in [0.25, 0.3) is 6.08 Å². The van der Waals surface area contributed by atoms with Crippen LogP contribution in [-0.4, -0.2) is 6.29 Å². The average molecular weight is 172 g/mol. The summed E-state index contributed by atoms with van der Waals surface area (Å²) in [5, 5.41) is 0. The molecule has 0 aliphatic heterocycles. The molecule has 0 aromatic heterocycles. The van der Waals surface area contributed by atoms with Crippen molar-refractivity contribution in [1.29, 1.82) is 0 Å². The molecule has 66 valence electrons. The van der Waals surface area contributed by atoms with E-state index in [4.69, 9.17) is 0 Å². The third-order valence-corrected chi connectivity index (χ3v) is 1.68. The summed E-state index contributed by atoms with van der Waals surface area (Å²) in [5.74, 6) is 0. The van der Waals surface area contributed by atoms with Crippen molar-refractivity contribution in [2.75, 3.05) is 0 Å². The lowest BCUT2D eigenvalue weighted by Crippen LogP contribution is -1.82. The smallest absolute Gasteiger partial charge is 0.146 e. The molecule has 1 rings (SSSR count). The third kappa shape index (κ3) is 3.08. The lowest BCUT2D eigenvalue weighted by atomic mass is 10.1. The fraction of sp³-hybridized carbons (Fsp3) is 0.0833. The molecule has 0 aliphatic rings. The largest absolute Gasteiger partial charge is 0.298 e. The number of allylic oxidation sites excluding steroid dienone is 2. The monoisotopic (exact) mass is 172 g/mol. The van der Waals surface area contributed by atoms with Gasteiger partial charge in [0, 0.05) is 0 Å². The molecular weight excluding hydrogens is 160 g/mol. The number of benzene rings is 1. The van der Waals surface area contributed by atoms with E-state index >= 15 is 0 Å². The van der Waals surface area contributed by atoms with Crippen LogP contribution < -0.4 is 0 Å². The van der Waals surface area contributed by atoms with Crippen molar-refractivity contribution < 1.29 is 4.79 Å². The highest BCUT2D eigenvalue weighted by atomic mass is 16.1. The summed E-state index contributed by atoms with van der Waals surface area (Å²) in [6.45, 7) is 3.59. The fourth-order valence-corrected chi connectivity index (χ4v) is 1.07. The Hall–Kier alpha value is -1.63. The quantitative estimate of drug-likeness (QED) is 0.388. The molecule has 0 aliphatic carbocycles. The molecule has 0 radical (unpaired) electrons. The second kappa shape index (κ2) is 5.09. The van der Waals surface area contributed by atoms with E-state index in [2.05, 4.69) is 6.58 Å². The van der Waals surface area contributed by atoms with E-state index in [9.17, 15) is 4.79 Å². The minimum Gasteiger partial charge on any atom is -0.298 e. The zero-order valence-corrected chi connectivity index (χ0v) is 7.44. The molecule has 0 N–H and O–H groups in total. The Bertz CT molecular complexity index is 309. The van der Waals surface area contributed by atoms with Gasteiger partial charge in [-0.3, -0.25) is 4.79 Å². The first-order valence-corrected chi connectivity index (χ1v) is 4.18. The fourth-order valence-electron chi connectivity index (χ4n) is 1.07. The molecule has 0 atom stereocenters. The van der Waals surface area contributed by atoms with Crippen LogP contribution in [0.4, 0.5) is 0 Å². The van der Waals surface area contributed by atoms with E-state index in [1.807, 2.05) is 36.4 Å². The Morgan fingerprint density at radius 1 is 1.31 bits per heavy atom. The second-order valence-corrected chi connectivity index (χ2v) is 2.74. The van der Waals surface area contributed by atoms with Gasteiger partial charge < -0.3 is 0 Å². The topological polar surface area (TPSA) is 17.1 Å². The van der Waals surface area contributed by atoms with Crippen LogP contribution >= 0.6 is 0 Å². The lowest BCUT2D eigenvalue weighted by molar-refractivity contribution is -0.104. The molecule has 1 aromatic rings. The van der Waals surface area contributed by atoms with Crippen molar-refractivity contribution in [2.24, 2.45) is 0 Å². The second-order valence-electron chi connectivity index (χ2n) is 2.74. The first-order valence-electron chi connectivity index (χ1n) is 4.18. The molecule has 0 unspecified atom stereocenters. The molecule has 1 heteroatoms. The van der Waals surface area contributed by atoms with Gasteiger partial charge in [-0.25, -0.2) is 0 Å². The predicted octanol–water partition coefficient (Wildman–Crippen LogP) is 2.85. The summed E-state index contributed by atoms with van der Waals surface area (Å²) >= 11 is 0. The maximum absolute atomic E-state index is 10.6. The molecule has 0 amide bonds. The molecular formula is C12H12O. The molecule has 0 bridgehead atoms. The van der Waals surface area contributed by atoms with Gasteiger partial charge in [-0.05, 0) is 23.6 Å². The van der Waals surface area contributed by atoms with E-state index in [1.165, 1.54) is 0 Å². The Morgan fingerprint density at radius 3 is 2.54 bits per heavy atom. The minimum atomic E-state index is 0.623. The SMILES string of the molecule is C=CC/C(C=O)=C/c1ccccc1. The van der Waals surface area contributed by atoms with Gasteiger partial charge >= 0.3 is 0 Å². The highest BCUT2D eigenvalue weighted by Gasteiger charge is 1.92. The van der Waals surface area contributed by atoms with Crippen LogP contribution in [0.3, 0.4) is 0 Å². The predicted molar refractivity (Wildman–Crippen MR) is 55.3 cm³/mol. The van der Waals surface area contributed by atoms with Crippen LogP contribution in [0, 0.1) is 0 Å². The number of rotatable bonds is 4. The Kier molecular flexibility index (Phi) is 3.71. The van der Waals surface area contributed by atoms with E-state index in [0.717, 1.165) is 17.4 Å². The highest BCUT2D eigenvalue weighted by Crippen LogP contribution is 2.07. The van der Waals surface area contributed by atoms with Gasteiger partial charge in [-0.1, -0.05) is 36.4 Å². The number of aldehydes is 1. The van der Waals surface area contributed by atoms with E-state index in [-0.39, 0.29) is 0 Å². The van der Waals surface area contributed by atoms with Gasteiger partial charge in [-0.2, -0.15) is 0 Å². The van der Waals surface area contributed by atoms with Gasteiger partial charge in [0.15, 0.2) is 0 Å². The molecule has 0 saturated carbocycles. The molecule has 1 nitrogen and oxygen atoms in total. The highest BCUT2D eigenvalue weighted by molar-refractivity contribution is 5.81. The van der Waals surface area contributed by atoms with E-state index in [0.29, 0.717) is 6.42 Å². The van der Waals surface area contributed by atoms with Gasteiger partial charge in [0.2, 0.25) is 0 Å². The summed E-state index contributed by atoms with van der Waals surface area (Å²) in [6, 6.07) is 9.77. The van der Waals surface area contributed by atoms with E-state index in [1.54, 1.807) is 6.08 Å². The first kappa shape index (κ1) is 9.46. The van der Waals surface area contributed by atoms with Gasteiger partial charge in [-0.15, -0.1) is 6.58 Å². The molecule has 1 aromatic carbocycles. The normalized spacial score (nSPS) is 10.9. The maximum Gasteiger partial charge on any atom is 0.146 e. The van der Waals surface area contributed by atoms with Crippen LogP contribution in [-0.2, 0) is 4.79 Å². The van der Waals surface area contributed by atoms with Gasteiger partial charge in [0.1, 0.15) is 6.29 Å². The first-order chi connectivity index (χ1) is 6.36. The van der Waals surface area contributed by atoms with Crippen molar-refractivity contribution in [3.05, 3.63) is 54.1 Å². The van der Waals surface area contributed by atoms with Crippen LogP contribution in [0.5, 0.6) is 0 Å². The Labute approximate surface area is 78.4 Å². The Balaban J connectivity index is 2.84. The number of hydrogen-bond donors (Lipinski definition) is 0. The molecule has 0 saturated heterocycles. The third-order valence-electron chi connectivity index (χ3n) is 1.68. The standard InChI is InChI=1S/C12H12O/c1-2-6-12(10-13)9-11-7-4-3-5-8-11/h2-5,7-10H,1,6H2/b12-9-. The number of carbonyl (C=O) groups excluding carboxylic acids is 1. The van der Waals surface area contributed by atoms with Crippen molar-refractivity contribution in [1.82, 2.24) is 0 Å². The molecule has 13 heavy (non-hydrogen) atoms. The summed E-state index contributed by atoms with van der Waals surface area (Å²) in [4.78, 5) is 10.6.